The summed E-state index contributed by atoms with van der Waals surface area (Å²) in [4.78, 5) is 24.6. The molecule has 0 aromatic heterocycles. The number of carbonyl (C=O) groups is 2. The Bertz CT molecular complexity index is 1010. The maximum atomic E-state index is 13.1. The molecule has 2 amide bonds. The van der Waals surface area contributed by atoms with Crippen LogP contribution in [-0.2, 0) is 19.4 Å². The normalized spacial score (nSPS) is 16.4. The van der Waals surface area contributed by atoms with Gasteiger partial charge in [-0.2, -0.15) is 0 Å². The van der Waals surface area contributed by atoms with Crippen molar-refractivity contribution in [3.63, 3.8) is 0 Å². The maximum Gasteiger partial charge on any atom is 0.237 e. The summed E-state index contributed by atoms with van der Waals surface area (Å²) in [6, 6.07) is 9.88. The predicted octanol–water partition coefficient (Wildman–Crippen LogP) is 3.06. The number of carbonyl (C=O) groups excluding carboxylic acids is 2. The van der Waals surface area contributed by atoms with E-state index in [9.17, 15) is 22.4 Å². The van der Waals surface area contributed by atoms with Crippen LogP contribution in [0.15, 0.2) is 52.3 Å². The van der Waals surface area contributed by atoms with Gasteiger partial charge in [0.25, 0.3) is 0 Å². The summed E-state index contributed by atoms with van der Waals surface area (Å²) in [6.45, 7) is 1.77. The molecule has 2 aromatic rings. The summed E-state index contributed by atoms with van der Waals surface area (Å²) >= 11 is 1.36. The average Bonchev–Trinajstić information content (AvgIpc) is 2.61. The highest BCUT2D eigenvalue weighted by Crippen LogP contribution is 2.36. The minimum Gasteiger partial charge on any atom is -0.326 e. The number of hydrogen-bond donors (Lipinski definition) is 2. The summed E-state index contributed by atoms with van der Waals surface area (Å²) in [5, 5.41) is 4.91. The highest BCUT2D eigenvalue weighted by molar-refractivity contribution is 8.01. The third-order valence-electron chi connectivity index (χ3n) is 3.95. The third kappa shape index (κ3) is 4.67. The molecule has 3 rings (SSSR count). The Morgan fingerprint density at radius 1 is 1.26 bits per heavy atom. The number of thioether (sulfide) groups is 1. The smallest absolute Gasteiger partial charge is 0.237 e. The van der Waals surface area contributed by atoms with E-state index in [4.69, 9.17) is 0 Å². The number of fused-ring (bicyclic) bond motifs is 1. The number of anilines is 2. The second-order valence-electron chi connectivity index (χ2n) is 6.03. The number of rotatable bonds is 5. The van der Waals surface area contributed by atoms with Crippen LogP contribution in [0, 0.1) is 5.82 Å². The minimum absolute atomic E-state index is 0.0373. The lowest BCUT2D eigenvalue weighted by Crippen LogP contribution is -2.26. The molecule has 142 valence electrons. The standard InChI is InChI=1S/C18H17FN2O4S2/c1-11-18(23)21-15-10-14(5-6-16(15)26-11)27(24,25)8-7-17(22)20-13-4-2-3-12(19)9-13/h2-6,9-11H,7-8H2,1H3,(H,20,22)(H,21,23)/t11-/m0/s1. The number of amides is 2. The Morgan fingerprint density at radius 2 is 2.04 bits per heavy atom. The molecular formula is C18H17FN2O4S2. The molecule has 1 aliphatic heterocycles. The SMILES string of the molecule is C[C@@H]1Sc2ccc(S(=O)(=O)CCC(=O)Nc3cccc(F)c3)cc2NC1=O. The van der Waals surface area contributed by atoms with Gasteiger partial charge < -0.3 is 10.6 Å². The van der Waals surface area contributed by atoms with Crippen LogP contribution in [0.2, 0.25) is 0 Å². The first-order valence-electron chi connectivity index (χ1n) is 8.14. The fourth-order valence-corrected chi connectivity index (χ4v) is 4.71. The zero-order chi connectivity index (χ0) is 19.6. The molecule has 9 heteroatoms. The molecule has 6 nitrogen and oxygen atoms in total. The van der Waals surface area contributed by atoms with Crippen LogP contribution in [0.4, 0.5) is 15.8 Å². The van der Waals surface area contributed by atoms with Crippen LogP contribution in [-0.4, -0.2) is 31.2 Å². The first-order chi connectivity index (χ1) is 12.7. The molecule has 0 bridgehead atoms. The number of halogens is 1. The van der Waals surface area contributed by atoms with Crippen LogP contribution < -0.4 is 10.6 Å². The van der Waals surface area contributed by atoms with Crippen molar-refractivity contribution in [3.8, 4) is 0 Å². The van der Waals surface area contributed by atoms with Crippen LogP contribution in [0.3, 0.4) is 0 Å². The van der Waals surface area contributed by atoms with Gasteiger partial charge in [-0.15, -0.1) is 11.8 Å². The largest absolute Gasteiger partial charge is 0.326 e. The van der Waals surface area contributed by atoms with Gasteiger partial charge in [0.1, 0.15) is 5.82 Å². The van der Waals surface area contributed by atoms with E-state index in [1.165, 1.54) is 42.1 Å². The van der Waals surface area contributed by atoms with Crippen molar-refractivity contribution in [2.45, 2.75) is 28.4 Å². The molecule has 0 aliphatic carbocycles. The number of hydrogen-bond acceptors (Lipinski definition) is 5. The molecule has 0 radical (unpaired) electrons. The van der Waals surface area contributed by atoms with Gasteiger partial charge in [-0.3, -0.25) is 9.59 Å². The van der Waals surface area contributed by atoms with Crippen LogP contribution in [0.1, 0.15) is 13.3 Å². The van der Waals surface area contributed by atoms with Crippen molar-refractivity contribution in [1.29, 1.82) is 0 Å². The number of benzene rings is 2. The number of sulfone groups is 1. The Hall–Kier alpha value is -2.39. The maximum absolute atomic E-state index is 13.1. The monoisotopic (exact) mass is 408 g/mol. The molecule has 1 atom stereocenters. The van der Waals surface area contributed by atoms with E-state index in [0.717, 1.165) is 11.0 Å². The Morgan fingerprint density at radius 3 is 2.78 bits per heavy atom. The minimum atomic E-state index is -3.72. The van der Waals surface area contributed by atoms with E-state index in [0.29, 0.717) is 5.69 Å². The van der Waals surface area contributed by atoms with Crippen LogP contribution in [0.25, 0.3) is 0 Å². The first-order valence-corrected chi connectivity index (χ1v) is 10.7. The second-order valence-corrected chi connectivity index (χ2v) is 9.53. The van der Waals surface area contributed by atoms with Gasteiger partial charge in [-0.05, 0) is 43.3 Å². The van der Waals surface area contributed by atoms with Crippen molar-refractivity contribution < 1.29 is 22.4 Å². The van der Waals surface area contributed by atoms with E-state index in [2.05, 4.69) is 10.6 Å². The molecule has 0 saturated heterocycles. The van der Waals surface area contributed by atoms with Crippen molar-refractivity contribution in [1.82, 2.24) is 0 Å². The molecule has 2 aromatic carbocycles. The Balaban J connectivity index is 1.67. The van der Waals surface area contributed by atoms with Gasteiger partial charge in [0.05, 0.1) is 21.6 Å². The van der Waals surface area contributed by atoms with Crippen LogP contribution >= 0.6 is 11.8 Å². The van der Waals surface area contributed by atoms with Gasteiger partial charge in [0.15, 0.2) is 9.84 Å². The van der Waals surface area contributed by atoms with Gasteiger partial charge in [0.2, 0.25) is 11.8 Å². The van der Waals surface area contributed by atoms with E-state index >= 15 is 0 Å². The Labute approximate surface area is 160 Å². The van der Waals surface area contributed by atoms with Crippen LogP contribution in [0.5, 0.6) is 0 Å². The molecular weight excluding hydrogens is 391 g/mol. The average molecular weight is 408 g/mol. The Kier molecular flexibility index (Phi) is 5.52. The summed E-state index contributed by atoms with van der Waals surface area (Å²) in [5.74, 6) is -1.61. The highest BCUT2D eigenvalue weighted by atomic mass is 32.2. The third-order valence-corrected chi connectivity index (χ3v) is 6.84. The van der Waals surface area contributed by atoms with Crippen molar-refractivity contribution >= 4 is 44.8 Å². The van der Waals surface area contributed by atoms with Crippen molar-refractivity contribution in [3.05, 3.63) is 48.3 Å². The quantitative estimate of drug-likeness (QED) is 0.793. The molecule has 0 spiro atoms. The highest BCUT2D eigenvalue weighted by Gasteiger charge is 2.25. The van der Waals surface area contributed by atoms with Gasteiger partial charge in [0, 0.05) is 17.0 Å². The van der Waals surface area contributed by atoms with E-state index in [1.807, 2.05) is 0 Å². The van der Waals surface area contributed by atoms with E-state index in [-0.39, 0.29) is 28.2 Å². The summed E-state index contributed by atoms with van der Waals surface area (Å²) in [5.41, 5.74) is 0.716. The zero-order valence-electron chi connectivity index (χ0n) is 14.4. The lowest BCUT2D eigenvalue weighted by atomic mass is 10.3. The predicted molar refractivity (Wildman–Crippen MR) is 102 cm³/mol. The molecule has 27 heavy (non-hydrogen) atoms. The lowest BCUT2D eigenvalue weighted by molar-refractivity contribution is -0.116. The van der Waals surface area contributed by atoms with Gasteiger partial charge in [-0.25, -0.2) is 12.8 Å². The summed E-state index contributed by atoms with van der Waals surface area (Å²) < 4.78 is 38.2. The lowest BCUT2D eigenvalue weighted by Gasteiger charge is -2.21. The van der Waals surface area contributed by atoms with Crippen molar-refractivity contribution in [2.75, 3.05) is 16.4 Å². The molecule has 1 heterocycles. The van der Waals surface area contributed by atoms with Crippen molar-refractivity contribution in [2.24, 2.45) is 0 Å². The van der Waals surface area contributed by atoms with E-state index in [1.54, 1.807) is 13.0 Å². The molecule has 1 aliphatic rings. The van der Waals surface area contributed by atoms with E-state index < -0.39 is 27.3 Å². The molecule has 0 fully saturated rings. The second kappa shape index (κ2) is 7.69. The first kappa shape index (κ1) is 19.4. The molecule has 0 unspecified atom stereocenters. The fourth-order valence-electron chi connectivity index (χ4n) is 2.52. The number of nitrogens with one attached hydrogen (secondary N) is 2. The van der Waals surface area contributed by atoms with Gasteiger partial charge >= 0.3 is 0 Å². The zero-order valence-corrected chi connectivity index (χ0v) is 16.0. The summed E-state index contributed by atoms with van der Waals surface area (Å²) in [7, 11) is -3.72. The molecule has 0 saturated carbocycles. The topological polar surface area (TPSA) is 92.3 Å². The van der Waals surface area contributed by atoms with Gasteiger partial charge in [-0.1, -0.05) is 6.07 Å². The summed E-state index contributed by atoms with van der Waals surface area (Å²) in [6.07, 6.45) is -0.270. The molecule has 2 N–H and O–H groups in total. The fraction of sp³-hybridized carbons (Fsp3) is 0.222.